The van der Waals surface area contributed by atoms with Crippen LogP contribution in [0.2, 0.25) is 0 Å². The van der Waals surface area contributed by atoms with Crippen molar-refractivity contribution in [2.24, 2.45) is 0 Å². The summed E-state index contributed by atoms with van der Waals surface area (Å²) in [7, 11) is 0. The topological polar surface area (TPSA) is 89.8 Å². The molecule has 0 spiro atoms. The van der Waals surface area contributed by atoms with Crippen LogP contribution in [-0.4, -0.2) is 46.6 Å². The third kappa shape index (κ3) is 5.06. The summed E-state index contributed by atoms with van der Waals surface area (Å²) in [6.45, 7) is 1.57. The molecule has 0 fully saturated rings. The molecule has 0 saturated carbocycles. The molecule has 12 heavy (non-hydrogen) atoms. The zero-order valence-corrected chi connectivity index (χ0v) is 7.03. The van der Waals surface area contributed by atoms with Gasteiger partial charge in [0, 0.05) is 0 Å². The summed E-state index contributed by atoms with van der Waals surface area (Å²) in [5, 5.41) is 28.4. The molecular weight excluding hydrogens is 162 g/mol. The second-order valence-electron chi connectivity index (χ2n) is 2.67. The Morgan fingerprint density at radius 2 is 2.17 bits per heavy atom. The van der Waals surface area contributed by atoms with E-state index in [9.17, 15) is 4.79 Å². The van der Waals surface area contributed by atoms with Crippen molar-refractivity contribution in [3.05, 3.63) is 0 Å². The molecule has 0 aromatic heterocycles. The molecule has 72 valence electrons. The van der Waals surface area contributed by atoms with Gasteiger partial charge in [-0.3, -0.25) is 4.79 Å². The van der Waals surface area contributed by atoms with Crippen LogP contribution < -0.4 is 5.32 Å². The molecule has 2 atom stereocenters. The Morgan fingerprint density at radius 3 is 2.50 bits per heavy atom. The van der Waals surface area contributed by atoms with E-state index in [1.165, 1.54) is 0 Å². The van der Waals surface area contributed by atoms with Crippen LogP contribution in [0.5, 0.6) is 0 Å². The summed E-state index contributed by atoms with van der Waals surface area (Å²) < 4.78 is 0. The van der Waals surface area contributed by atoms with Gasteiger partial charge in [-0.05, 0) is 19.9 Å². The van der Waals surface area contributed by atoms with Gasteiger partial charge in [0.1, 0.15) is 6.04 Å². The van der Waals surface area contributed by atoms with E-state index in [0.717, 1.165) is 0 Å². The van der Waals surface area contributed by atoms with Crippen molar-refractivity contribution >= 4 is 5.97 Å². The quantitative estimate of drug-likeness (QED) is 0.409. The first-order valence-electron chi connectivity index (χ1n) is 3.83. The largest absolute Gasteiger partial charge is 0.480 e. The van der Waals surface area contributed by atoms with Crippen molar-refractivity contribution in [1.29, 1.82) is 0 Å². The van der Waals surface area contributed by atoms with Gasteiger partial charge in [0.2, 0.25) is 0 Å². The van der Waals surface area contributed by atoms with Gasteiger partial charge in [-0.15, -0.1) is 0 Å². The Bertz CT molecular complexity index is 137. The Morgan fingerprint density at radius 1 is 1.58 bits per heavy atom. The molecule has 0 aliphatic carbocycles. The Kier molecular flexibility index (Phi) is 5.61. The molecule has 0 bridgehead atoms. The predicted octanol–water partition coefficient (Wildman–Crippen LogP) is -1.21. The molecule has 4 N–H and O–H groups in total. The highest BCUT2D eigenvalue weighted by molar-refractivity contribution is 5.73. The third-order valence-electron chi connectivity index (χ3n) is 1.43. The minimum absolute atomic E-state index is 0.384. The van der Waals surface area contributed by atoms with Crippen molar-refractivity contribution in [3.8, 4) is 0 Å². The van der Waals surface area contributed by atoms with Crippen LogP contribution in [0.25, 0.3) is 0 Å². The van der Waals surface area contributed by atoms with Crippen LogP contribution in [0.15, 0.2) is 0 Å². The van der Waals surface area contributed by atoms with Gasteiger partial charge in [0.25, 0.3) is 0 Å². The van der Waals surface area contributed by atoms with Gasteiger partial charge in [-0.25, -0.2) is 0 Å². The molecule has 0 amide bonds. The molecule has 0 aromatic carbocycles. The lowest BCUT2D eigenvalue weighted by molar-refractivity contribution is -0.140. The van der Waals surface area contributed by atoms with E-state index < -0.39 is 24.7 Å². The molecular formula is C7H15NO4. The maximum atomic E-state index is 10.3. The highest BCUT2D eigenvalue weighted by Gasteiger charge is 2.14. The average molecular weight is 177 g/mol. The Balaban J connectivity index is 3.52. The molecule has 0 aliphatic rings. The first kappa shape index (κ1) is 11.4. The van der Waals surface area contributed by atoms with Crippen molar-refractivity contribution < 1.29 is 20.1 Å². The molecule has 0 aliphatic heterocycles. The zero-order valence-electron chi connectivity index (χ0n) is 7.03. The molecule has 0 saturated heterocycles. The second-order valence-corrected chi connectivity index (χ2v) is 2.67. The number of rotatable bonds is 6. The highest BCUT2D eigenvalue weighted by Crippen LogP contribution is 1.88. The minimum Gasteiger partial charge on any atom is -0.480 e. The van der Waals surface area contributed by atoms with Crippen molar-refractivity contribution in [3.63, 3.8) is 0 Å². The fourth-order valence-corrected chi connectivity index (χ4v) is 0.696. The number of nitrogens with one attached hydrogen (secondary N) is 1. The van der Waals surface area contributed by atoms with Crippen molar-refractivity contribution in [1.82, 2.24) is 5.32 Å². The monoisotopic (exact) mass is 177 g/mol. The Hall–Kier alpha value is -0.650. The highest BCUT2D eigenvalue weighted by atomic mass is 16.4. The van der Waals surface area contributed by atoms with E-state index in [0.29, 0.717) is 13.0 Å². The summed E-state index contributed by atoms with van der Waals surface area (Å²) in [6, 6.07) is -0.927. The third-order valence-corrected chi connectivity index (χ3v) is 1.43. The summed E-state index contributed by atoms with van der Waals surface area (Å²) >= 11 is 0. The molecule has 5 nitrogen and oxygen atoms in total. The zero-order chi connectivity index (χ0) is 9.56. The van der Waals surface area contributed by atoms with Gasteiger partial charge in [0.05, 0.1) is 12.7 Å². The molecule has 5 heteroatoms. The van der Waals surface area contributed by atoms with E-state index in [-0.39, 0.29) is 0 Å². The number of carboxylic acids is 1. The standard InChI is InChI=1S/C7H15NO4/c1-5(10)2-3-8-6(4-9)7(11)12/h5-6,8-10H,2-4H2,1H3,(H,11,12)/t5-,6+/m1/s1. The maximum absolute atomic E-state index is 10.3. The first-order chi connectivity index (χ1) is 5.57. The van der Waals surface area contributed by atoms with Gasteiger partial charge in [0.15, 0.2) is 0 Å². The molecule has 0 heterocycles. The predicted molar refractivity (Wildman–Crippen MR) is 42.8 cm³/mol. The van der Waals surface area contributed by atoms with Crippen LogP contribution >= 0.6 is 0 Å². The molecule has 0 aromatic rings. The lowest BCUT2D eigenvalue weighted by Gasteiger charge is -2.11. The lowest BCUT2D eigenvalue weighted by Crippen LogP contribution is -2.40. The smallest absolute Gasteiger partial charge is 0.323 e. The van der Waals surface area contributed by atoms with Gasteiger partial charge < -0.3 is 20.6 Å². The summed E-state index contributed by atoms with van der Waals surface area (Å²) in [4.78, 5) is 10.3. The number of hydrogen-bond donors (Lipinski definition) is 4. The number of aliphatic hydroxyl groups excluding tert-OH is 2. The SMILES string of the molecule is C[C@@H](O)CCN[C@@H](CO)C(=O)O. The normalized spacial score (nSPS) is 15.6. The summed E-state index contributed by atoms with van der Waals surface area (Å²) in [6.07, 6.45) is 0.0229. The average Bonchev–Trinajstić information content (AvgIpc) is 1.96. The van der Waals surface area contributed by atoms with Crippen LogP contribution in [0.1, 0.15) is 13.3 Å². The minimum atomic E-state index is -1.08. The molecule has 0 unspecified atom stereocenters. The maximum Gasteiger partial charge on any atom is 0.323 e. The fourth-order valence-electron chi connectivity index (χ4n) is 0.696. The van der Waals surface area contributed by atoms with Crippen LogP contribution in [0.3, 0.4) is 0 Å². The van der Waals surface area contributed by atoms with Crippen molar-refractivity contribution in [2.45, 2.75) is 25.5 Å². The number of hydrogen-bond acceptors (Lipinski definition) is 4. The van der Waals surface area contributed by atoms with E-state index in [1.54, 1.807) is 6.92 Å². The number of carbonyl (C=O) groups is 1. The first-order valence-corrected chi connectivity index (χ1v) is 3.83. The van der Waals surface area contributed by atoms with E-state index in [2.05, 4.69) is 5.32 Å². The van der Waals surface area contributed by atoms with E-state index >= 15 is 0 Å². The number of carboxylic acid groups (broad SMARTS) is 1. The number of aliphatic hydroxyl groups is 2. The molecule has 0 rings (SSSR count). The number of aliphatic carboxylic acids is 1. The van der Waals surface area contributed by atoms with Crippen LogP contribution in [0.4, 0.5) is 0 Å². The van der Waals surface area contributed by atoms with Gasteiger partial charge >= 0.3 is 5.97 Å². The van der Waals surface area contributed by atoms with Gasteiger partial charge in [-0.2, -0.15) is 0 Å². The fraction of sp³-hybridized carbons (Fsp3) is 0.857. The summed E-state index contributed by atoms with van der Waals surface area (Å²) in [5.41, 5.74) is 0. The van der Waals surface area contributed by atoms with Crippen LogP contribution in [-0.2, 0) is 4.79 Å². The van der Waals surface area contributed by atoms with E-state index in [4.69, 9.17) is 15.3 Å². The van der Waals surface area contributed by atoms with Gasteiger partial charge in [-0.1, -0.05) is 0 Å². The lowest BCUT2D eigenvalue weighted by atomic mass is 10.2. The Labute approximate surface area is 71.0 Å². The summed E-state index contributed by atoms with van der Waals surface area (Å²) in [5.74, 6) is -1.08. The van der Waals surface area contributed by atoms with Crippen LogP contribution in [0, 0.1) is 0 Å². The van der Waals surface area contributed by atoms with Crippen molar-refractivity contribution in [2.75, 3.05) is 13.2 Å². The molecule has 0 radical (unpaired) electrons. The van der Waals surface area contributed by atoms with E-state index in [1.807, 2.05) is 0 Å². The second kappa shape index (κ2) is 5.93.